The van der Waals surface area contributed by atoms with Crippen molar-refractivity contribution >= 4 is 28.3 Å². The normalized spacial score (nSPS) is 12.4. The lowest BCUT2D eigenvalue weighted by Crippen LogP contribution is -2.15. The molecule has 5 heteroatoms. The second kappa shape index (κ2) is 7.29. The lowest BCUT2D eigenvalue weighted by Gasteiger charge is -2.15. The number of hydrogen-bond donors (Lipinski definition) is 1. The van der Waals surface area contributed by atoms with Crippen molar-refractivity contribution in [3.05, 3.63) is 33.8 Å². The zero-order valence-electron chi connectivity index (χ0n) is 9.84. The molecule has 0 bridgehead atoms. The van der Waals surface area contributed by atoms with Crippen molar-refractivity contribution in [2.24, 2.45) is 11.7 Å². The molecule has 0 aromatic heterocycles. The Labute approximate surface area is 115 Å². The summed E-state index contributed by atoms with van der Waals surface area (Å²) >= 11 is 3.03. The van der Waals surface area contributed by atoms with Crippen LogP contribution in [0.3, 0.4) is 0 Å². The SMILES string of the molecule is CC(C)CC[C@H](N)c1c(F)ccc(Br)c1F.Cl. The molecular formula is C12H17BrClF2N. The zero-order valence-corrected chi connectivity index (χ0v) is 12.2. The van der Waals surface area contributed by atoms with Gasteiger partial charge in [0.05, 0.1) is 4.47 Å². The lowest BCUT2D eigenvalue weighted by atomic mass is 9.97. The van der Waals surface area contributed by atoms with Gasteiger partial charge in [-0.05, 0) is 46.8 Å². The smallest absolute Gasteiger partial charge is 0.145 e. The van der Waals surface area contributed by atoms with Crippen molar-refractivity contribution in [2.45, 2.75) is 32.7 Å². The summed E-state index contributed by atoms with van der Waals surface area (Å²) in [5, 5.41) is 0. The van der Waals surface area contributed by atoms with Crippen molar-refractivity contribution in [3.63, 3.8) is 0 Å². The van der Waals surface area contributed by atoms with Crippen molar-refractivity contribution in [2.75, 3.05) is 0 Å². The van der Waals surface area contributed by atoms with Gasteiger partial charge >= 0.3 is 0 Å². The third-order valence-corrected chi connectivity index (χ3v) is 3.12. The van der Waals surface area contributed by atoms with Gasteiger partial charge in [-0.3, -0.25) is 0 Å². The van der Waals surface area contributed by atoms with E-state index >= 15 is 0 Å². The third kappa shape index (κ3) is 4.53. The topological polar surface area (TPSA) is 26.0 Å². The summed E-state index contributed by atoms with van der Waals surface area (Å²) < 4.78 is 27.4. The van der Waals surface area contributed by atoms with E-state index in [0.29, 0.717) is 12.3 Å². The highest BCUT2D eigenvalue weighted by Crippen LogP contribution is 2.28. The Balaban J connectivity index is 0.00000256. The summed E-state index contributed by atoms with van der Waals surface area (Å²) in [6.07, 6.45) is 1.44. The zero-order chi connectivity index (χ0) is 12.3. The summed E-state index contributed by atoms with van der Waals surface area (Å²) in [6.45, 7) is 4.11. The predicted octanol–water partition coefficient (Wildman–Crippen LogP) is 4.59. The summed E-state index contributed by atoms with van der Waals surface area (Å²) in [7, 11) is 0. The Morgan fingerprint density at radius 2 is 1.82 bits per heavy atom. The van der Waals surface area contributed by atoms with Crippen LogP contribution in [-0.4, -0.2) is 0 Å². The highest BCUT2D eigenvalue weighted by Gasteiger charge is 2.18. The van der Waals surface area contributed by atoms with E-state index in [9.17, 15) is 8.78 Å². The fourth-order valence-corrected chi connectivity index (χ4v) is 1.89. The van der Waals surface area contributed by atoms with E-state index in [1.54, 1.807) is 0 Å². The maximum absolute atomic E-state index is 13.7. The molecule has 1 aromatic carbocycles. The van der Waals surface area contributed by atoms with Crippen LogP contribution < -0.4 is 5.73 Å². The largest absolute Gasteiger partial charge is 0.324 e. The van der Waals surface area contributed by atoms with Crippen LogP contribution in [0.5, 0.6) is 0 Å². The molecule has 1 atom stereocenters. The molecule has 0 spiro atoms. The minimum Gasteiger partial charge on any atom is -0.324 e. The van der Waals surface area contributed by atoms with Gasteiger partial charge in [0, 0.05) is 11.6 Å². The fourth-order valence-electron chi connectivity index (χ4n) is 1.54. The minimum atomic E-state index is -0.587. The van der Waals surface area contributed by atoms with Gasteiger partial charge in [0.25, 0.3) is 0 Å². The van der Waals surface area contributed by atoms with Crippen LogP contribution in [0.1, 0.15) is 38.3 Å². The van der Waals surface area contributed by atoms with E-state index in [2.05, 4.69) is 29.8 Å². The van der Waals surface area contributed by atoms with Crippen LogP contribution in [0.4, 0.5) is 8.78 Å². The number of hydrogen-bond acceptors (Lipinski definition) is 1. The molecular weight excluding hydrogens is 311 g/mol. The fraction of sp³-hybridized carbons (Fsp3) is 0.500. The average molecular weight is 329 g/mol. The molecule has 1 aromatic rings. The van der Waals surface area contributed by atoms with Crippen LogP contribution in [0.2, 0.25) is 0 Å². The third-order valence-electron chi connectivity index (χ3n) is 2.51. The first kappa shape index (κ1) is 16.8. The van der Waals surface area contributed by atoms with Crippen molar-refractivity contribution in [1.82, 2.24) is 0 Å². The lowest BCUT2D eigenvalue weighted by molar-refractivity contribution is 0.467. The Hall–Kier alpha value is -0.190. The Kier molecular flexibility index (Phi) is 7.21. The van der Waals surface area contributed by atoms with Gasteiger partial charge < -0.3 is 5.73 Å². The molecule has 0 unspecified atom stereocenters. The first-order chi connectivity index (χ1) is 7.43. The van der Waals surface area contributed by atoms with Crippen molar-refractivity contribution < 1.29 is 8.78 Å². The van der Waals surface area contributed by atoms with E-state index in [-0.39, 0.29) is 22.4 Å². The van der Waals surface area contributed by atoms with Gasteiger partial charge in [-0.1, -0.05) is 13.8 Å². The predicted molar refractivity (Wildman–Crippen MR) is 72.3 cm³/mol. The maximum atomic E-state index is 13.7. The molecule has 17 heavy (non-hydrogen) atoms. The van der Waals surface area contributed by atoms with Gasteiger partial charge in [-0.25, -0.2) is 8.78 Å². The monoisotopic (exact) mass is 327 g/mol. The summed E-state index contributed by atoms with van der Waals surface area (Å²) in [5.41, 5.74) is 5.79. The van der Waals surface area contributed by atoms with E-state index in [0.717, 1.165) is 6.42 Å². The molecule has 0 saturated heterocycles. The van der Waals surface area contributed by atoms with Crippen LogP contribution >= 0.6 is 28.3 Å². The number of rotatable bonds is 4. The Bertz CT molecular complexity index is 372. The second-order valence-corrected chi connectivity index (χ2v) is 5.19. The van der Waals surface area contributed by atoms with E-state index < -0.39 is 17.7 Å². The van der Waals surface area contributed by atoms with Crippen LogP contribution in [-0.2, 0) is 0 Å². The van der Waals surface area contributed by atoms with Gasteiger partial charge in [-0.2, -0.15) is 0 Å². The molecule has 2 N–H and O–H groups in total. The molecule has 0 aliphatic heterocycles. The minimum absolute atomic E-state index is 0. The average Bonchev–Trinajstić information content (AvgIpc) is 2.21. The Morgan fingerprint density at radius 3 is 2.35 bits per heavy atom. The molecule has 1 rings (SSSR count). The van der Waals surface area contributed by atoms with E-state index in [1.165, 1.54) is 12.1 Å². The molecule has 98 valence electrons. The van der Waals surface area contributed by atoms with E-state index in [1.807, 2.05) is 0 Å². The number of nitrogens with two attached hydrogens (primary N) is 1. The quantitative estimate of drug-likeness (QED) is 0.804. The van der Waals surface area contributed by atoms with Crippen LogP contribution in [0, 0.1) is 17.6 Å². The summed E-state index contributed by atoms with van der Waals surface area (Å²) in [4.78, 5) is 0. The van der Waals surface area contributed by atoms with E-state index in [4.69, 9.17) is 5.73 Å². The van der Waals surface area contributed by atoms with Crippen molar-refractivity contribution in [1.29, 1.82) is 0 Å². The van der Waals surface area contributed by atoms with Gasteiger partial charge in [0.1, 0.15) is 11.6 Å². The molecule has 0 fully saturated rings. The highest BCUT2D eigenvalue weighted by molar-refractivity contribution is 9.10. The molecule has 0 aliphatic rings. The van der Waals surface area contributed by atoms with Crippen LogP contribution in [0.15, 0.2) is 16.6 Å². The number of benzene rings is 1. The van der Waals surface area contributed by atoms with Gasteiger partial charge in [-0.15, -0.1) is 12.4 Å². The maximum Gasteiger partial charge on any atom is 0.145 e. The molecule has 0 amide bonds. The molecule has 1 nitrogen and oxygen atoms in total. The molecule has 0 radical (unpaired) electrons. The van der Waals surface area contributed by atoms with Gasteiger partial charge in [0.15, 0.2) is 0 Å². The van der Waals surface area contributed by atoms with Gasteiger partial charge in [0.2, 0.25) is 0 Å². The molecule has 0 saturated carbocycles. The van der Waals surface area contributed by atoms with Crippen molar-refractivity contribution in [3.8, 4) is 0 Å². The first-order valence-corrected chi connectivity index (χ1v) is 6.11. The first-order valence-electron chi connectivity index (χ1n) is 5.32. The summed E-state index contributed by atoms with van der Waals surface area (Å²) in [6, 6.07) is 2.00. The molecule has 0 aliphatic carbocycles. The highest BCUT2D eigenvalue weighted by atomic mass is 79.9. The Morgan fingerprint density at radius 1 is 1.24 bits per heavy atom. The number of halogens is 4. The second-order valence-electron chi connectivity index (χ2n) is 4.33. The summed E-state index contributed by atoms with van der Waals surface area (Å²) in [5.74, 6) is -0.683. The molecule has 0 heterocycles. The standard InChI is InChI=1S/C12H16BrF2N.ClH/c1-7(2)3-6-10(16)11-9(14)5-4-8(13)12(11)15;/h4-5,7,10H,3,6,16H2,1-2H3;1H/t10-;/m0./s1. The van der Waals surface area contributed by atoms with Crippen LogP contribution in [0.25, 0.3) is 0 Å².